The second-order valence-electron chi connectivity index (χ2n) is 8.19. The van der Waals surface area contributed by atoms with Crippen molar-refractivity contribution < 1.29 is 28.6 Å². The molecule has 1 fully saturated rings. The second kappa shape index (κ2) is 9.20. The van der Waals surface area contributed by atoms with E-state index in [2.05, 4.69) is 10.3 Å². The lowest BCUT2D eigenvalue weighted by molar-refractivity contribution is -0.150. The molecule has 2 aliphatic heterocycles. The summed E-state index contributed by atoms with van der Waals surface area (Å²) in [6.07, 6.45) is -3.32. The van der Waals surface area contributed by atoms with Gasteiger partial charge in [-0.05, 0) is 42.0 Å². The number of hydrogen-bond donors (Lipinski definition) is 3. The highest BCUT2D eigenvalue weighted by Crippen LogP contribution is 2.25. The molecule has 11 heteroatoms. The topological polar surface area (TPSA) is 138 Å². The van der Waals surface area contributed by atoms with E-state index in [1.807, 2.05) is 0 Å². The highest BCUT2D eigenvalue weighted by atomic mass is 19.1. The highest BCUT2D eigenvalue weighted by Gasteiger charge is 2.39. The fourth-order valence-corrected chi connectivity index (χ4v) is 3.86. The van der Waals surface area contributed by atoms with Gasteiger partial charge in [-0.15, -0.1) is 0 Å². The molecule has 178 valence electrons. The van der Waals surface area contributed by atoms with Crippen LogP contribution in [0.1, 0.15) is 21.5 Å². The van der Waals surface area contributed by atoms with Gasteiger partial charge in [0.2, 0.25) is 0 Å². The summed E-state index contributed by atoms with van der Waals surface area (Å²) < 4.78 is 19.6. The largest absolute Gasteiger partial charge is 0.383 e. The quantitative estimate of drug-likeness (QED) is 0.582. The van der Waals surface area contributed by atoms with E-state index in [4.69, 9.17) is 10.5 Å². The minimum absolute atomic E-state index is 0.00365. The maximum atomic E-state index is 14.2. The number of carbonyl (C=O) groups excluding carboxylic acids is 3. The van der Waals surface area contributed by atoms with Gasteiger partial charge in [-0.2, -0.15) is 0 Å². The van der Waals surface area contributed by atoms with Crippen molar-refractivity contribution in [3.8, 4) is 0 Å². The zero-order valence-corrected chi connectivity index (χ0v) is 18.6. The van der Waals surface area contributed by atoms with E-state index < -0.39 is 35.7 Å². The monoisotopic (exact) mass is 469 g/mol. The van der Waals surface area contributed by atoms with Crippen LogP contribution in [0.25, 0.3) is 0 Å². The summed E-state index contributed by atoms with van der Waals surface area (Å²) in [6.45, 7) is 0.456. The third kappa shape index (κ3) is 4.47. The number of nitrogens with zero attached hydrogens (tertiary/aromatic N) is 3. The SMILES string of the molecule is CN(C)C(=O)c1cc(F)cc(N2CCOC(C(O)C(=O)Nc3ccc4c(c3)CN=C4N)C2=O)c1. The van der Waals surface area contributed by atoms with Gasteiger partial charge in [0.25, 0.3) is 17.7 Å². The van der Waals surface area contributed by atoms with Crippen LogP contribution in [-0.2, 0) is 20.9 Å². The number of aliphatic hydroxyl groups excluding tert-OH is 1. The number of ether oxygens (including phenoxy) is 1. The Kier molecular flexibility index (Phi) is 6.31. The lowest BCUT2D eigenvalue weighted by Crippen LogP contribution is -2.55. The minimum Gasteiger partial charge on any atom is -0.383 e. The standard InChI is InChI=1S/C23H24FN5O5/c1-28(2)22(32)12-7-14(24)10-16(9-12)29-5-6-34-19(23(29)33)18(30)21(31)27-15-3-4-17-13(8-15)11-26-20(17)25/h3-4,7-10,18-19,30H,5-6,11H2,1-2H3,(H2,25,26)(H,27,31). The highest BCUT2D eigenvalue weighted by molar-refractivity contribution is 6.05. The third-order valence-corrected chi connectivity index (χ3v) is 5.59. The van der Waals surface area contributed by atoms with E-state index >= 15 is 0 Å². The number of amides is 3. The predicted molar refractivity (Wildman–Crippen MR) is 122 cm³/mol. The summed E-state index contributed by atoms with van der Waals surface area (Å²) in [5, 5.41) is 13.1. The number of amidine groups is 1. The van der Waals surface area contributed by atoms with Crippen LogP contribution < -0.4 is 16.0 Å². The van der Waals surface area contributed by atoms with Gasteiger partial charge in [0, 0.05) is 43.1 Å². The maximum absolute atomic E-state index is 14.2. The zero-order chi connectivity index (χ0) is 24.6. The lowest BCUT2D eigenvalue weighted by Gasteiger charge is -2.34. The van der Waals surface area contributed by atoms with Gasteiger partial charge in [-0.3, -0.25) is 19.4 Å². The normalized spacial score (nSPS) is 18.2. The van der Waals surface area contributed by atoms with Crippen molar-refractivity contribution in [3.63, 3.8) is 0 Å². The number of benzene rings is 2. The Labute approximate surface area is 194 Å². The molecule has 34 heavy (non-hydrogen) atoms. The molecule has 2 aliphatic rings. The van der Waals surface area contributed by atoms with E-state index in [1.54, 1.807) is 18.2 Å². The summed E-state index contributed by atoms with van der Waals surface area (Å²) in [7, 11) is 3.06. The van der Waals surface area contributed by atoms with Crippen LogP contribution in [0, 0.1) is 5.82 Å². The Morgan fingerprint density at radius 3 is 2.79 bits per heavy atom. The van der Waals surface area contributed by atoms with Crippen LogP contribution in [-0.4, -0.2) is 73.0 Å². The fourth-order valence-electron chi connectivity index (χ4n) is 3.86. The van der Waals surface area contributed by atoms with Crippen molar-refractivity contribution in [1.82, 2.24) is 4.90 Å². The first-order valence-electron chi connectivity index (χ1n) is 10.5. The van der Waals surface area contributed by atoms with Crippen LogP contribution >= 0.6 is 0 Å². The maximum Gasteiger partial charge on any atom is 0.259 e. The van der Waals surface area contributed by atoms with E-state index in [0.29, 0.717) is 18.1 Å². The number of aliphatic hydroxyl groups is 1. The van der Waals surface area contributed by atoms with Crippen LogP contribution in [0.2, 0.25) is 0 Å². The Balaban J connectivity index is 1.50. The van der Waals surface area contributed by atoms with Crippen molar-refractivity contribution >= 4 is 34.9 Å². The van der Waals surface area contributed by atoms with E-state index in [9.17, 15) is 23.9 Å². The molecule has 0 aromatic heterocycles. The van der Waals surface area contributed by atoms with Crippen LogP contribution in [0.5, 0.6) is 0 Å². The molecule has 2 unspecified atom stereocenters. The molecule has 1 saturated heterocycles. The van der Waals surface area contributed by atoms with E-state index in [0.717, 1.165) is 23.3 Å². The Bertz CT molecular complexity index is 1200. The number of hydrogen-bond acceptors (Lipinski definition) is 7. The average molecular weight is 469 g/mol. The van der Waals surface area contributed by atoms with Gasteiger partial charge < -0.3 is 30.7 Å². The van der Waals surface area contributed by atoms with E-state index in [-0.39, 0.29) is 24.4 Å². The van der Waals surface area contributed by atoms with Gasteiger partial charge in [0.1, 0.15) is 11.7 Å². The average Bonchev–Trinajstić information content (AvgIpc) is 3.17. The molecule has 0 bridgehead atoms. The molecule has 2 heterocycles. The molecule has 2 aromatic rings. The van der Waals surface area contributed by atoms with Gasteiger partial charge in [0.15, 0.2) is 12.2 Å². The summed E-state index contributed by atoms with van der Waals surface area (Å²) in [4.78, 5) is 44.6. The van der Waals surface area contributed by atoms with Gasteiger partial charge in [0.05, 0.1) is 13.2 Å². The molecule has 2 atom stereocenters. The summed E-state index contributed by atoms with van der Waals surface area (Å²) in [5.74, 6) is -2.27. The van der Waals surface area contributed by atoms with Crippen molar-refractivity contribution in [2.45, 2.75) is 18.8 Å². The van der Waals surface area contributed by atoms with Gasteiger partial charge in [-0.1, -0.05) is 0 Å². The number of nitrogens with two attached hydrogens (primary N) is 1. The molecule has 0 saturated carbocycles. The number of anilines is 2. The Hall–Kier alpha value is -3.83. The van der Waals surface area contributed by atoms with Crippen molar-refractivity contribution in [3.05, 3.63) is 58.9 Å². The molecular weight excluding hydrogens is 445 g/mol. The van der Waals surface area contributed by atoms with Crippen molar-refractivity contribution in [2.75, 3.05) is 37.5 Å². The summed E-state index contributed by atoms with van der Waals surface area (Å²) in [6, 6.07) is 8.59. The molecule has 0 radical (unpaired) electrons. The van der Waals surface area contributed by atoms with Gasteiger partial charge >= 0.3 is 0 Å². The van der Waals surface area contributed by atoms with Crippen LogP contribution in [0.4, 0.5) is 15.8 Å². The zero-order valence-electron chi connectivity index (χ0n) is 18.6. The smallest absolute Gasteiger partial charge is 0.259 e. The molecule has 10 nitrogen and oxygen atoms in total. The number of rotatable bonds is 5. The molecule has 0 aliphatic carbocycles. The molecular formula is C23H24FN5O5. The molecule has 3 amide bonds. The van der Waals surface area contributed by atoms with Crippen molar-refractivity contribution in [1.29, 1.82) is 0 Å². The number of fused-ring (bicyclic) bond motifs is 1. The number of morpholine rings is 1. The lowest BCUT2D eigenvalue weighted by atomic mass is 10.1. The first kappa shape index (κ1) is 23.3. The number of aliphatic imine (C=N–C) groups is 1. The second-order valence-corrected chi connectivity index (χ2v) is 8.19. The first-order chi connectivity index (χ1) is 16.2. The van der Waals surface area contributed by atoms with Crippen molar-refractivity contribution in [2.24, 2.45) is 10.7 Å². The fraction of sp³-hybridized carbons (Fsp3) is 0.304. The number of halogens is 1. The minimum atomic E-state index is -1.82. The predicted octanol–water partition coefficient (Wildman–Crippen LogP) is 0.478. The molecule has 4 rings (SSSR count). The molecule has 4 N–H and O–H groups in total. The third-order valence-electron chi connectivity index (χ3n) is 5.59. The Morgan fingerprint density at radius 2 is 2.06 bits per heavy atom. The van der Waals surface area contributed by atoms with E-state index in [1.165, 1.54) is 30.0 Å². The van der Waals surface area contributed by atoms with Crippen LogP contribution in [0.15, 0.2) is 41.4 Å². The summed E-state index contributed by atoms with van der Waals surface area (Å²) in [5.41, 5.74) is 8.00. The van der Waals surface area contributed by atoms with Gasteiger partial charge in [-0.25, -0.2) is 4.39 Å². The molecule has 2 aromatic carbocycles. The van der Waals surface area contributed by atoms with Crippen LogP contribution in [0.3, 0.4) is 0 Å². The number of carbonyl (C=O) groups is 3. The molecule has 0 spiro atoms. The number of nitrogens with one attached hydrogen (secondary N) is 1. The first-order valence-corrected chi connectivity index (χ1v) is 10.5. The Morgan fingerprint density at radius 1 is 1.29 bits per heavy atom. The summed E-state index contributed by atoms with van der Waals surface area (Å²) >= 11 is 0.